The number of sulfonamides is 1. The first-order valence-corrected chi connectivity index (χ1v) is 12.4. The van der Waals surface area contributed by atoms with Gasteiger partial charge in [0.1, 0.15) is 5.75 Å². The molecule has 1 aliphatic carbocycles. The highest BCUT2D eigenvalue weighted by molar-refractivity contribution is 7.89. The van der Waals surface area contributed by atoms with Crippen LogP contribution in [0.5, 0.6) is 5.75 Å². The molecule has 3 atom stereocenters. The average Bonchev–Trinajstić information content (AvgIpc) is 3.30. The van der Waals surface area contributed by atoms with Crippen LogP contribution in [-0.2, 0) is 14.8 Å². The lowest BCUT2D eigenvalue weighted by Gasteiger charge is -2.38. The van der Waals surface area contributed by atoms with Crippen molar-refractivity contribution in [2.24, 2.45) is 5.92 Å². The number of para-hydroxylation sites is 1. The molecule has 2 aliphatic heterocycles. The molecule has 2 heterocycles. The van der Waals surface area contributed by atoms with E-state index < -0.39 is 10.0 Å². The van der Waals surface area contributed by atoms with Crippen molar-refractivity contribution in [2.75, 3.05) is 38.2 Å². The smallest absolute Gasteiger partial charge is 0.243 e. The quantitative estimate of drug-likeness (QED) is 0.714. The fraction of sp³-hybridized carbons (Fsp3) is 0.417. The number of hydrogen-bond donors (Lipinski definition) is 1. The third-order valence-corrected chi connectivity index (χ3v) is 8.39. The van der Waals surface area contributed by atoms with Gasteiger partial charge < -0.3 is 14.8 Å². The molecule has 164 valence electrons. The maximum absolute atomic E-state index is 13.2. The Morgan fingerprint density at radius 1 is 1.13 bits per heavy atom. The minimum atomic E-state index is -3.52. The van der Waals surface area contributed by atoms with E-state index in [0.29, 0.717) is 43.7 Å². The van der Waals surface area contributed by atoms with Crippen LogP contribution in [0, 0.1) is 5.92 Å². The predicted octanol–water partition coefficient (Wildman–Crippen LogP) is 3.93. The van der Waals surface area contributed by atoms with Gasteiger partial charge >= 0.3 is 0 Å². The van der Waals surface area contributed by atoms with Crippen LogP contribution in [0.2, 0.25) is 0 Å². The fourth-order valence-corrected chi connectivity index (χ4v) is 6.45. The van der Waals surface area contributed by atoms with Gasteiger partial charge in [-0.3, -0.25) is 0 Å². The van der Waals surface area contributed by atoms with E-state index in [4.69, 9.17) is 9.47 Å². The van der Waals surface area contributed by atoms with E-state index in [1.807, 2.05) is 37.3 Å². The third-order valence-electron chi connectivity index (χ3n) is 6.50. The standard InChI is InChI=1S/C24H28N2O4S/c1-2-30-23-9-4-3-6-20(23)24-19-8-5-7-18(19)21-16-17(10-11-22(21)25-24)31(27,28)26-12-14-29-15-13-26/h3-7,9-11,16,18-19,24-25H,2,8,12-15H2,1H3. The Kier molecular flexibility index (Phi) is 5.50. The summed E-state index contributed by atoms with van der Waals surface area (Å²) < 4.78 is 39.1. The molecule has 31 heavy (non-hydrogen) atoms. The molecule has 0 amide bonds. The number of ether oxygens (including phenoxy) is 2. The summed E-state index contributed by atoms with van der Waals surface area (Å²) in [5.41, 5.74) is 3.20. The molecule has 2 aromatic rings. The lowest BCUT2D eigenvalue weighted by molar-refractivity contribution is 0.0730. The molecule has 1 fully saturated rings. The number of morpholine rings is 1. The molecule has 0 saturated carbocycles. The van der Waals surface area contributed by atoms with Crippen molar-refractivity contribution in [2.45, 2.75) is 30.2 Å². The number of rotatable bonds is 5. The summed E-state index contributed by atoms with van der Waals surface area (Å²) in [6.45, 7) is 4.31. The Hall–Kier alpha value is -2.35. The predicted molar refractivity (Wildman–Crippen MR) is 120 cm³/mol. The van der Waals surface area contributed by atoms with E-state index in [9.17, 15) is 8.42 Å². The summed E-state index contributed by atoms with van der Waals surface area (Å²) in [6, 6.07) is 13.8. The second-order valence-corrected chi connectivity index (χ2v) is 10.1. The van der Waals surface area contributed by atoms with Crippen LogP contribution in [0.1, 0.15) is 36.4 Å². The van der Waals surface area contributed by atoms with Gasteiger partial charge in [-0.05, 0) is 49.1 Å². The van der Waals surface area contributed by atoms with Gasteiger partial charge in [0.05, 0.1) is 30.8 Å². The molecule has 3 unspecified atom stereocenters. The lowest BCUT2D eigenvalue weighted by atomic mass is 9.77. The number of nitrogens with one attached hydrogen (secondary N) is 1. The number of allylic oxidation sites excluding steroid dienone is 2. The van der Waals surface area contributed by atoms with E-state index >= 15 is 0 Å². The van der Waals surface area contributed by atoms with Crippen molar-refractivity contribution in [3.05, 3.63) is 65.7 Å². The van der Waals surface area contributed by atoms with Gasteiger partial charge in [0.15, 0.2) is 0 Å². The number of hydrogen-bond acceptors (Lipinski definition) is 5. The number of fused-ring (bicyclic) bond motifs is 3. The molecule has 2 aromatic carbocycles. The Balaban J connectivity index is 1.51. The molecule has 0 aromatic heterocycles. The van der Waals surface area contributed by atoms with E-state index in [1.54, 1.807) is 6.07 Å². The highest BCUT2D eigenvalue weighted by Gasteiger charge is 2.40. The highest BCUT2D eigenvalue weighted by atomic mass is 32.2. The SMILES string of the molecule is CCOc1ccccc1C1Nc2ccc(S(=O)(=O)N3CCOCC3)cc2C2C=CCC21. The van der Waals surface area contributed by atoms with Crippen molar-refractivity contribution >= 4 is 15.7 Å². The van der Waals surface area contributed by atoms with Crippen LogP contribution in [0.4, 0.5) is 5.69 Å². The molecular weight excluding hydrogens is 412 g/mol. The van der Waals surface area contributed by atoms with Crippen LogP contribution in [0.15, 0.2) is 59.5 Å². The first-order chi connectivity index (χ1) is 15.1. The van der Waals surface area contributed by atoms with Crippen molar-refractivity contribution in [3.63, 3.8) is 0 Å². The Labute approximate surface area is 183 Å². The molecule has 5 rings (SSSR count). The molecule has 0 spiro atoms. The Morgan fingerprint density at radius 3 is 2.74 bits per heavy atom. The minimum Gasteiger partial charge on any atom is -0.494 e. The Morgan fingerprint density at radius 2 is 1.94 bits per heavy atom. The normalized spacial score (nSPS) is 25.5. The summed E-state index contributed by atoms with van der Waals surface area (Å²) in [4.78, 5) is 0.363. The molecule has 7 heteroatoms. The molecule has 0 radical (unpaired) electrons. The van der Waals surface area contributed by atoms with Crippen molar-refractivity contribution in [1.29, 1.82) is 0 Å². The number of anilines is 1. The molecule has 1 saturated heterocycles. The van der Waals surface area contributed by atoms with Crippen LogP contribution in [0.25, 0.3) is 0 Å². The van der Waals surface area contributed by atoms with Crippen LogP contribution in [-0.4, -0.2) is 45.6 Å². The summed E-state index contributed by atoms with van der Waals surface area (Å²) in [6.07, 6.45) is 5.39. The lowest BCUT2D eigenvalue weighted by Crippen LogP contribution is -2.40. The largest absolute Gasteiger partial charge is 0.494 e. The van der Waals surface area contributed by atoms with Crippen molar-refractivity contribution < 1.29 is 17.9 Å². The van der Waals surface area contributed by atoms with E-state index in [-0.39, 0.29) is 12.0 Å². The van der Waals surface area contributed by atoms with Gasteiger partial charge in [-0.2, -0.15) is 4.31 Å². The first-order valence-electron chi connectivity index (χ1n) is 11.0. The zero-order valence-electron chi connectivity index (χ0n) is 17.7. The van der Waals surface area contributed by atoms with Gasteiger partial charge in [-0.1, -0.05) is 30.4 Å². The monoisotopic (exact) mass is 440 g/mol. The Bertz CT molecular complexity index is 1090. The molecule has 3 aliphatic rings. The van der Waals surface area contributed by atoms with Gasteiger partial charge in [0, 0.05) is 30.3 Å². The maximum atomic E-state index is 13.2. The average molecular weight is 441 g/mol. The molecular formula is C24H28N2O4S. The summed E-state index contributed by atoms with van der Waals surface area (Å²) in [7, 11) is -3.52. The van der Waals surface area contributed by atoms with Crippen LogP contribution >= 0.6 is 0 Å². The van der Waals surface area contributed by atoms with Gasteiger partial charge in [0.2, 0.25) is 10.0 Å². The molecule has 1 N–H and O–H groups in total. The summed E-state index contributed by atoms with van der Waals surface area (Å²) in [5, 5.41) is 3.69. The van der Waals surface area contributed by atoms with Crippen LogP contribution in [0.3, 0.4) is 0 Å². The zero-order valence-corrected chi connectivity index (χ0v) is 18.5. The summed E-state index contributed by atoms with van der Waals surface area (Å²) >= 11 is 0. The first kappa shape index (κ1) is 20.5. The molecule has 6 nitrogen and oxygen atoms in total. The second kappa shape index (κ2) is 8.30. The summed E-state index contributed by atoms with van der Waals surface area (Å²) in [5.74, 6) is 1.40. The topological polar surface area (TPSA) is 67.9 Å². The van der Waals surface area contributed by atoms with Gasteiger partial charge in [0.25, 0.3) is 0 Å². The van der Waals surface area contributed by atoms with Crippen molar-refractivity contribution in [3.8, 4) is 5.75 Å². The zero-order chi connectivity index (χ0) is 21.4. The van der Waals surface area contributed by atoms with E-state index in [0.717, 1.165) is 29.0 Å². The van der Waals surface area contributed by atoms with Crippen molar-refractivity contribution in [1.82, 2.24) is 4.31 Å². The number of benzene rings is 2. The minimum absolute atomic E-state index is 0.108. The van der Waals surface area contributed by atoms with Gasteiger partial charge in [-0.25, -0.2) is 8.42 Å². The van der Waals surface area contributed by atoms with E-state index in [1.165, 1.54) is 4.31 Å². The highest BCUT2D eigenvalue weighted by Crippen LogP contribution is 2.51. The second-order valence-electron chi connectivity index (χ2n) is 8.21. The molecule has 0 bridgehead atoms. The fourth-order valence-electron chi connectivity index (χ4n) is 5.00. The third kappa shape index (κ3) is 3.64. The number of nitrogens with zero attached hydrogens (tertiary/aromatic N) is 1. The van der Waals surface area contributed by atoms with E-state index in [2.05, 4.69) is 23.5 Å². The van der Waals surface area contributed by atoms with Gasteiger partial charge in [-0.15, -0.1) is 0 Å². The van der Waals surface area contributed by atoms with Crippen LogP contribution < -0.4 is 10.1 Å². The maximum Gasteiger partial charge on any atom is 0.243 e.